The van der Waals surface area contributed by atoms with Gasteiger partial charge in [0.2, 0.25) is 11.8 Å². The van der Waals surface area contributed by atoms with Gasteiger partial charge in [-0.1, -0.05) is 12.5 Å². The third kappa shape index (κ3) is 3.65. The number of nitrogens with zero attached hydrogens (tertiary/aromatic N) is 2. The number of hydrogen-bond acceptors (Lipinski definition) is 5. The van der Waals surface area contributed by atoms with Crippen molar-refractivity contribution in [3.8, 4) is 5.88 Å². The quantitative estimate of drug-likeness (QED) is 0.804. The number of carbonyl (C=O) groups excluding carboxylic acids is 1. The highest BCUT2D eigenvalue weighted by Gasteiger charge is 2.51. The molecule has 0 aromatic carbocycles. The fraction of sp³-hybridized carbons (Fsp3) is 0.625. The lowest BCUT2D eigenvalue weighted by molar-refractivity contribution is -0.128. The Morgan fingerprint density at radius 1 is 1.48 bits per heavy atom. The first-order valence-corrected chi connectivity index (χ1v) is 9.93. The number of amides is 1. The fourth-order valence-electron chi connectivity index (χ4n) is 3.81. The zero-order valence-electron chi connectivity index (χ0n) is 13.3. The highest BCUT2D eigenvalue weighted by Crippen LogP contribution is 2.48. The molecule has 1 saturated heterocycles. The Kier molecular flexibility index (Phi) is 4.31. The fourth-order valence-corrected chi connectivity index (χ4v) is 4.44. The number of sulfone groups is 1. The summed E-state index contributed by atoms with van der Waals surface area (Å²) in [4.78, 5) is 18.1. The largest absolute Gasteiger partial charge is 0.477 e. The Balaban J connectivity index is 1.67. The van der Waals surface area contributed by atoms with E-state index in [1.165, 1.54) is 0 Å². The van der Waals surface area contributed by atoms with Gasteiger partial charge in [-0.2, -0.15) is 0 Å². The van der Waals surface area contributed by atoms with Crippen molar-refractivity contribution >= 4 is 15.7 Å². The summed E-state index contributed by atoms with van der Waals surface area (Å²) in [5.41, 5.74) is -0.0648. The zero-order chi connectivity index (χ0) is 16.5. The summed E-state index contributed by atoms with van der Waals surface area (Å²) in [6.45, 7) is 1.75. The predicted octanol–water partition coefficient (Wildman–Crippen LogP) is 1.13. The SMILES string of the molecule is CS(=O)(=O)CC(=O)N1C[C@@H]2CCC[C@]2(COc2ccccn2)C1. The van der Waals surface area contributed by atoms with Crippen LogP contribution in [-0.2, 0) is 14.6 Å². The van der Waals surface area contributed by atoms with Crippen molar-refractivity contribution < 1.29 is 17.9 Å². The molecular weight excluding hydrogens is 316 g/mol. The molecule has 126 valence electrons. The van der Waals surface area contributed by atoms with Crippen LogP contribution in [0.15, 0.2) is 24.4 Å². The minimum Gasteiger partial charge on any atom is -0.477 e. The van der Waals surface area contributed by atoms with E-state index >= 15 is 0 Å². The molecule has 2 aliphatic rings. The van der Waals surface area contributed by atoms with Crippen molar-refractivity contribution in [2.45, 2.75) is 19.3 Å². The van der Waals surface area contributed by atoms with E-state index in [0.717, 1.165) is 25.5 Å². The Bertz CT molecular complexity index is 677. The topological polar surface area (TPSA) is 76.6 Å². The van der Waals surface area contributed by atoms with Crippen LogP contribution >= 0.6 is 0 Å². The van der Waals surface area contributed by atoms with Crippen LogP contribution in [0.1, 0.15) is 19.3 Å². The Morgan fingerprint density at radius 2 is 2.30 bits per heavy atom. The molecule has 2 atom stereocenters. The van der Waals surface area contributed by atoms with E-state index in [2.05, 4.69) is 4.98 Å². The molecule has 0 unspecified atom stereocenters. The molecule has 0 spiro atoms. The number of rotatable bonds is 5. The van der Waals surface area contributed by atoms with Gasteiger partial charge >= 0.3 is 0 Å². The molecule has 1 aliphatic carbocycles. The van der Waals surface area contributed by atoms with Crippen molar-refractivity contribution in [1.82, 2.24) is 9.88 Å². The Hall–Kier alpha value is -1.63. The Morgan fingerprint density at radius 3 is 3.00 bits per heavy atom. The first-order valence-electron chi connectivity index (χ1n) is 7.87. The van der Waals surface area contributed by atoms with E-state index in [1.807, 2.05) is 18.2 Å². The third-order valence-corrected chi connectivity index (χ3v) is 5.69. The number of ether oxygens (including phenoxy) is 1. The normalized spacial score (nSPS) is 27.0. The van der Waals surface area contributed by atoms with Gasteiger partial charge in [0.1, 0.15) is 5.75 Å². The summed E-state index contributed by atoms with van der Waals surface area (Å²) in [6, 6.07) is 5.54. The Labute approximate surface area is 136 Å². The van der Waals surface area contributed by atoms with Crippen molar-refractivity contribution in [1.29, 1.82) is 0 Å². The first kappa shape index (κ1) is 16.2. The van der Waals surface area contributed by atoms with Crippen LogP contribution in [0, 0.1) is 11.3 Å². The lowest BCUT2D eigenvalue weighted by Gasteiger charge is -2.28. The zero-order valence-corrected chi connectivity index (χ0v) is 14.1. The molecule has 2 fully saturated rings. The van der Waals surface area contributed by atoms with Crippen LogP contribution in [0.5, 0.6) is 5.88 Å². The standard InChI is InChI=1S/C16H22N2O4S/c1-23(20,21)10-15(19)18-9-13-5-4-7-16(13,11-18)12-22-14-6-2-3-8-17-14/h2-3,6,8,13H,4-5,7,9-12H2,1H3/t13-,16+/m0/s1. The third-order valence-electron chi connectivity index (χ3n) is 4.92. The van der Waals surface area contributed by atoms with Crippen molar-refractivity contribution in [3.63, 3.8) is 0 Å². The number of pyridine rings is 1. The smallest absolute Gasteiger partial charge is 0.237 e. The second kappa shape index (κ2) is 6.11. The van der Waals surface area contributed by atoms with E-state index in [4.69, 9.17) is 4.74 Å². The highest BCUT2D eigenvalue weighted by atomic mass is 32.2. The lowest BCUT2D eigenvalue weighted by atomic mass is 9.82. The lowest BCUT2D eigenvalue weighted by Crippen LogP contribution is -2.37. The van der Waals surface area contributed by atoms with Crippen LogP contribution in [0.25, 0.3) is 0 Å². The van der Waals surface area contributed by atoms with Crippen LogP contribution in [0.4, 0.5) is 0 Å². The molecule has 7 heteroatoms. The molecule has 0 radical (unpaired) electrons. The molecule has 1 aliphatic heterocycles. The van der Waals surface area contributed by atoms with Crippen molar-refractivity contribution in [3.05, 3.63) is 24.4 Å². The van der Waals surface area contributed by atoms with Gasteiger partial charge in [0.05, 0.1) is 6.61 Å². The van der Waals surface area contributed by atoms with E-state index < -0.39 is 15.6 Å². The summed E-state index contributed by atoms with van der Waals surface area (Å²) < 4.78 is 28.6. The number of carbonyl (C=O) groups is 1. The van der Waals surface area contributed by atoms with Gasteiger partial charge in [0, 0.05) is 37.0 Å². The van der Waals surface area contributed by atoms with Crippen LogP contribution in [0.2, 0.25) is 0 Å². The van der Waals surface area contributed by atoms with E-state index in [-0.39, 0.29) is 11.3 Å². The number of aromatic nitrogens is 1. The summed E-state index contributed by atoms with van der Waals surface area (Å²) in [7, 11) is -3.29. The van der Waals surface area contributed by atoms with Gasteiger partial charge < -0.3 is 9.64 Å². The minimum absolute atomic E-state index is 0.0648. The van der Waals surface area contributed by atoms with Gasteiger partial charge in [0.15, 0.2) is 9.84 Å². The molecule has 0 N–H and O–H groups in total. The maximum atomic E-state index is 12.2. The molecule has 0 bridgehead atoms. The van der Waals surface area contributed by atoms with Crippen LogP contribution < -0.4 is 4.74 Å². The second-order valence-electron chi connectivity index (χ2n) is 6.75. The first-order chi connectivity index (χ1) is 10.9. The summed E-state index contributed by atoms with van der Waals surface area (Å²) >= 11 is 0. The molecule has 2 heterocycles. The minimum atomic E-state index is -3.29. The predicted molar refractivity (Wildman–Crippen MR) is 85.8 cm³/mol. The van der Waals surface area contributed by atoms with E-state index in [1.54, 1.807) is 11.1 Å². The maximum Gasteiger partial charge on any atom is 0.237 e. The molecule has 6 nitrogen and oxygen atoms in total. The van der Waals surface area contributed by atoms with Crippen LogP contribution in [0.3, 0.4) is 0 Å². The summed E-state index contributed by atoms with van der Waals surface area (Å²) in [6.07, 6.45) is 5.99. The monoisotopic (exact) mass is 338 g/mol. The molecule has 1 aromatic heterocycles. The van der Waals surface area contributed by atoms with Gasteiger partial charge in [-0.05, 0) is 24.8 Å². The van der Waals surface area contributed by atoms with Gasteiger partial charge in [-0.25, -0.2) is 13.4 Å². The molecular formula is C16H22N2O4S. The van der Waals surface area contributed by atoms with Crippen molar-refractivity contribution in [2.75, 3.05) is 31.7 Å². The molecule has 1 amide bonds. The highest BCUT2D eigenvalue weighted by molar-refractivity contribution is 7.91. The number of likely N-dealkylation sites (tertiary alicyclic amines) is 1. The van der Waals surface area contributed by atoms with E-state index in [0.29, 0.717) is 31.5 Å². The van der Waals surface area contributed by atoms with Gasteiger partial charge in [-0.15, -0.1) is 0 Å². The van der Waals surface area contributed by atoms with Gasteiger partial charge in [-0.3, -0.25) is 4.79 Å². The maximum absolute atomic E-state index is 12.2. The summed E-state index contributed by atoms with van der Waals surface area (Å²) in [5, 5.41) is 0. The van der Waals surface area contributed by atoms with Crippen LogP contribution in [-0.4, -0.2) is 55.9 Å². The summed E-state index contributed by atoms with van der Waals surface area (Å²) in [5.74, 6) is 0.277. The molecule has 1 saturated carbocycles. The second-order valence-corrected chi connectivity index (χ2v) is 8.89. The number of hydrogen-bond donors (Lipinski definition) is 0. The average Bonchev–Trinajstić information content (AvgIpc) is 3.01. The van der Waals surface area contributed by atoms with Gasteiger partial charge in [0.25, 0.3) is 0 Å². The van der Waals surface area contributed by atoms with Crippen molar-refractivity contribution in [2.24, 2.45) is 11.3 Å². The van der Waals surface area contributed by atoms with E-state index in [9.17, 15) is 13.2 Å². The average molecular weight is 338 g/mol. The molecule has 23 heavy (non-hydrogen) atoms. The molecule has 1 aromatic rings. The number of fused-ring (bicyclic) bond motifs is 1. The molecule has 3 rings (SSSR count).